The van der Waals surface area contributed by atoms with Gasteiger partial charge in [-0.1, -0.05) is 19.1 Å². The van der Waals surface area contributed by atoms with Gasteiger partial charge in [0.2, 0.25) is 11.8 Å². The van der Waals surface area contributed by atoms with E-state index in [9.17, 15) is 9.59 Å². The second kappa shape index (κ2) is 7.34. The number of benzene rings is 1. The van der Waals surface area contributed by atoms with Crippen LogP contribution in [0, 0.1) is 5.92 Å². The molecule has 0 bridgehead atoms. The van der Waals surface area contributed by atoms with Crippen LogP contribution >= 0.6 is 0 Å². The summed E-state index contributed by atoms with van der Waals surface area (Å²) in [6.45, 7) is 6.43. The monoisotopic (exact) mass is 329 g/mol. The molecule has 0 unspecified atom stereocenters. The van der Waals surface area contributed by atoms with Gasteiger partial charge in [-0.05, 0) is 49.3 Å². The Balaban J connectivity index is 1.56. The molecule has 130 valence electrons. The molecule has 2 aliphatic rings. The van der Waals surface area contributed by atoms with Gasteiger partial charge in [0.25, 0.3) is 0 Å². The summed E-state index contributed by atoms with van der Waals surface area (Å²) in [5.74, 6) is 0.886. The number of piperidine rings is 1. The minimum absolute atomic E-state index is 0.0859. The van der Waals surface area contributed by atoms with E-state index < -0.39 is 0 Å². The molecule has 2 atom stereocenters. The van der Waals surface area contributed by atoms with Gasteiger partial charge in [-0.3, -0.25) is 9.59 Å². The fourth-order valence-corrected chi connectivity index (χ4v) is 3.56. The number of aryl methyl sites for hydroxylation is 1. The molecule has 0 spiro atoms. The Morgan fingerprint density at radius 3 is 3.04 bits per heavy atom. The van der Waals surface area contributed by atoms with Crippen LogP contribution in [0.4, 0.5) is 5.69 Å². The van der Waals surface area contributed by atoms with Crippen molar-refractivity contribution in [2.45, 2.75) is 45.6 Å². The number of amides is 2. The lowest BCUT2D eigenvalue weighted by Crippen LogP contribution is -2.43. The Morgan fingerprint density at radius 1 is 1.42 bits per heavy atom. The molecule has 2 aliphatic heterocycles. The van der Waals surface area contributed by atoms with E-state index in [1.165, 1.54) is 12.0 Å². The van der Waals surface area contributed by atoms with E-state index in [2.05, 4.69) is 30.5 Å². The van der Waals surface area contributed by atoms with Crippen molar-refractivity contribution in [3.63, 3.8) is 0 Å². The van der Waals surface area contributed by atoms with Gasteiger partial charge in [0, 0.05) is 31.2 Å². The molecule has 3 rings (SSSR count). The van der Waals surface area contributed by atoms with Crippen LogP contribution in [0.2, 0.25) is 0 Å². The topological polar surface area (TPSA) is 61.4 Å². The smallest absolute Gasteiger partial charge is 0.236 e. The van der Waals surface area contributed by atoms with E-state index in [0.717, 1.165) is 37.2 Å². The number of carbonyl (C=O) groups excluding carboxylic acids is 2. The maximum absolute atomic E-state index is 12.4. The second-order valence-corrected chi connectivity index (χ2v) is 7.15. The number of carbonyl (C=O) groups is 2. The fourth-order valence-electron chi connectivity index (χ4n) is 3.56. The van der Waals surface area contributed by atoms with E-state index in [1.54, 1.807) is 0 Å². The molecule has 1 fully saturated rings. The van der Waals surface area contributed by atoms with Gasteiger partial charge >= 0.3 is 0 Å². The Kier molecular flexibility index (Phi) is 5.19. The zero-order chi connectivity index (χ0) is 17.1. The van der Waals surface area contributed by atoms with Crippen LogP contribution in [0.15, 0.2) is 18.2 Å². The molecular formula is C19H27N3O2. The molecule has 0 aliphatic carbocycles. The molecule has 1 saturated heterocycles. The number of anilines is 1. The van der Waals surface area contributed by atoms with Crippen molar-refractivity contribution < 1.29 is 9.59 Å². The third-order valence-electron chi connectivity index (χ3n) is 5.09. The number of nitrogens with one attached hydrogen (secondary N) is 2. The maximum atomic E-state index is 12.4. The molecule has 0 saturated carbocycles. The van der Waals surface area contributed by atoms with Crippen LogP contribution in [0.25, 0.3) is 0 Å². The van der Waals surface area contributed by atoms with E-state index >= 15 is 0 Å². The molecule has 24 heavy (non-hydrogen) atoms. The third-order valence-corrected chi connectivity index (χ3v) is 5.09. The van der Waals surface area contributed by atoms with Crippen LogP contribution in [0.5, 0.6) is 0 Å². The molecule has 0 radical (unpaired) electrons. The van der Waals surface area contributed by atoms with Crippen LogP contribution in [0.1, 0.15) is 50.3 Å². The minimum atomic E-state index is 0.0859. The summed E-state index contributed by atoms with van der Waals surface area (Å²) in [6, 6.07) is 6.24. The average Bonchev–Trinajstić information content (AvgIpc) is 2.58. The first-order chi connectivity index (χ1) is 11.5. The summed E-state index contributed by atoms with van der Waals surface area (Å²) < 4.78 is 0. The summed E-state index contributed by atoms with van der Waals surface area (Å²) >= 11 is 0. The van der Waals surface area contributed by atoms with Gasteiger partial charge in [0.05, 0.1) is 6.54 Å². The lowest BCUT2D eigenvalue weighted by atomic mass is 9.97. The van der Waals surface area contributed by atoms with Gasteiger partial charge in [-0.2, -0.15) is 0 Å². The van der Waals surface area contributed by atoms with Gasteiger partial charge in [-0.25, -0.2) is 0 Å². The van der Waals surface area contributed by atoms with Gasteiger partial charge in [-0.15, -0.1) is 0 Å². The number of likely N-dealkylation sites (tertiary alicyclic amines) is 1. The maximum Gasteiger partial charge on any atom is 0.236 e. The molecule has 2 N–H and O–H groups in total. The minimum Gasteiger partial charge on any atom is -0.341 e. The SMILES string of the molecule is C[C@@H]1CCCN(C(=O)CN[C@@H](C)c2ccc3c(c2)CCC(=O)N3)C1. The highest BCUT2D eigenvalue weighted by Gasteiger charge is 2.21. The summed E-state index contributed by atoms with van der Waals surface area (Å²) in [5.41, 5.74) is 3.25. The summed E-state index contributed by atoms with van der Waals surface area (Å²) in [6.07, 6.45) is 3.66. The molecule has 1 aromatic carbocycles. The molecular weight excluding hydrogens is 302 g/mol. The highest BCUT2D eigenvalue weighted by atomic mass is 16.2. The van der Waals surface area contributed by atoms with E-state index in [1.807, 2.05) is 17.0 Å². The highest BCUT2D eigenvalue weighted by Crippen LogP contribution is 2.26. The summed E-state index contributed by atoms with van der Waals surface area (Å²) in [5, 5.41) is 6.25. The molecule has 5 heteroatoms. The zero-order valence-electron chi connectivity index (χ0n) is 14.6. The van der Waals surface area contributed by atoms with Crippen molar-refractivity contribution in [3.8, 4) is 0 Å². The predicted molar refractivity (Wildman–Crippen MR) is 94.8 cm³/mol. The molecule has 2 amide bonds. The predicted octanol–water partition coefficient (Wildman–Crippen LogP) is 2.48. The average molecular weight is 329 g/mol. The van der Waals surface area contributed by atoms with Crippen molar-refractivity contribution in [2.24, 2.45) is 5.92 Å². The lowest BCUT2D eigenvalue weighted by molar-refractivity contribution is -0.132. The second-order valence-electron chi connectivity index (χ2n) is 7.15. The molecule has 0 aromatic heterocycles. The molecule has 1 aromatic rings. The number of fused-ring (bicyclic) bond motifs is 1. The first kappa shape index (κ1) is 17.0. The normalized spacial score (nSPS) is 21.8. The van der Waals surface area contributed by atoms with E-state index in [0.29, 0.717) is 18.9 Å². The largest absolute Gasteiger partial charge is 0.341 e. The fraction of sp³-hybridized carbons (Fsp3) is 0.579. The standard InChI is InChI=1S/C19H27N3O2/c1-13-4-3-9-22(12-13)19(24)11-20-14(2)15-5-7-17-16(10-15)6-8-18(23)21-17/h5,7,10,13-14,20H,3-4,6,8-9,11-12H2,1-2H3,(H,21,23)/t13-,14+/m1/s1. The Hall–Kier alpha value is -1.88. The first-order valence-electron chi connectivity index (χ1n) is 8.97. The quantitative estimate of drug-likeness (QED) is 0.892. The number of hydrogen-bond acceptors (Lipinski definition) is 3. The van der Waals surface area contributed by atoms with Crippen LogP contribution in [-0.2, 0) is 16.0 Å². The van der Waals surface area contributed by atoms with Crippen molar-refractivity contribution in [2.75, 3.05) is 25.0 Å². The van der Waals surface area contributed by atoms with Gasteiger partial charge in [0.1, 0.15) is 0 Å². The third kappa shape index (κ3) is 3.96. The van der Waals surface area contributed by atoms with Crippen molar-refractivity contribution in [1.82, 2.24) is 10.2 Å². The molecule has 2 heterocycles. The first-order valence-corrected chi connectivity index (χ1v) is 8.97. The van der Waals surface area contributed by atoms with E-state index in [-0.39, 0.29) is 17.9 Å². The number of nitrogens with zero attached hydrogens (tertiary/aromatic N) is 1. The molecule has 5 nitrogen and oxygen atoms in total. The zero-order valence-corrected chi connectivity index (χ0v) is 14.6. The Morgan fingerprint density at radius 2 is 2.25 bits per heavy atom. The van der Waals surface area contributed by atoms with Crippen molar-refractivity contribution in [3.05, 3.63) is 29.3 Å². The highest BCUT2D eigenvalue weighted by molar-refractivity contribution is 5.93. The lowest BCUT2D eigenvalue weighted by Gasteiger charge is -2.31. The van der Waals surface area contributed by atoms with Crippen LogP contribution in [-0.4, -0.2) is 36.3 Å². The van der Waals surface area contributed by atoms with Gasteiger partial charge in [0.15, 0.2) is 0 Å². The van der Waals surface area contributed by atoms with Gasteiger partial charge < -0.3 is 15.5 Å². The van der Waals surface area contributed by atoms with Crippen molar-refractivity contribution >= 4 is 17.5 Å². The number of rotatable bonds is 4. The Labute approximate surface area is 143 Å². The van der Waals surface area contributed by atoms with Crippen LogP contribution < -0.4 is 10.6 Å². The van der Waals surface area contributed by atoms with E-state index in [4.69, 9.17) is 0 Å². The van der Waals surface area contributed by atoms with Crippen LogP contribution in [0.3, 0.4) is 0 Å². The summed E-state index contributed by atoms with van der Waals surface area (Å²) in [7, 11) is 0. The van der Waals surface area contributed by atoms with Crippen molar-refractivity contribution in [1.29, 1.82) is 0 Å². The summed E-state index contributed by atoms with van der Waals surface area (Å²) in [4.78, 5) is 25.8. The number of hydrogen-bond donors (Lipinski definition) is 2. The Bertz CT molecular complexity index is 629.